The molecule has 0 saturated carbocycles. The predicted molar refractivity (Wildman–Crippen MR) is 163 cm³/mol. The highest BCUT2D eigenvalue weighted by atomic mass is 16.5. The van der Waals surface area contributed by atoms with Gasteiger partial charge in [-0.1, -0.05) is 24.3 Å². The molecule has 42 heavy (non-hydrogen) atoms. The number of nitrogens with one attached hydrogen (secondary N) is 1. The lowest BCUT2D eigenvalue weighted by Crippen LogP contribution is -2.53. The predicted octanol–water partition coefficient (Wildman–Crippen LogP) is 3.82. The van der Waals surface area contributed by atoms with Crippen molar-refractivity contribution in [2.75, 3.05) is 78.3 Å². The maximum absolute atomic E-state index is 12.2. The number of hydrogen-bond acceptors (Lipinski definition) is 9. The Labute approximate surface area is 251 Å². The third-order valence-corrected chi connectivity index (χ3v) is 8.04. The zero-order chi connectivity index (χ0) is 29.8. The van der Waals surface area contributed by atoms with Gasteiger partial charge in [0, 0.05) is 40.5 Å². The van der Waals surface area contributed by atoms with Crippen LogP contribution in [0.3, 0.4) is 0 Å². The lowest BCUT2D eigenvalue weighted by molar-refractivity contribution is -0.135. The number of piperidine rings is 1. The summed E-state index contributed by atoms with van der Waals surface area (Å²) in [5.41, 5.74) is 4.05. The molecule has 9 nitrogen and oxygen atoms in total. The molecule has 2 heterocycles. The Bertz CT molecular complexity index is 1100. The topological polar surface area (TPSA) is 90.9 Å². The average Bonchev–Trinajstić information content (AvgIpc) is 3.00. The van der Waals surface area contributed by atoms with Crippen molar-refractivity contribution in [3.8, 4) is 5.75 Å². The summed E-state index contributed by atoms with van der Waals surface area (Å²) >= 11 is 0. The zero-order valence-corrected chi connectivity index (χ0v) is 25.9. The summed E-state index contributed by atoms with van der Waals surface area (Å²) < 4.78 is 34.6. The van der Waals surface area contributed by atoms with Crippen LogP contribution in [-0.4, -0.2) is 90.7 Å². The maximum Gasteiger partial charge on any atom is 0.142 e. The van der Waals surface area contributed by atoms with E-state index in [1.165, 1.54) is 0 Å². The summed E-state index contributed by atoms with van der Waals surface area (Å²) in [6, 6.07) is 12.5. The van der Waals surface area contributed by atoms with Crippen LogP contribution in [0.5, 0.6) is 5.75 Å². The lowest BCUT2D eigenvalue weighted by Gasteiger charge is -2.41. The Hall–Kier alpha value is -2.24. The van der Waals surface area contributed by atoms with Gasteiger partial charge in [-0.2, -0.15) is 0 Å². The SMILES string of the molecule is CCO[C@H](C)COCc1ccc([C@@]2(O)CCNC[C@@H]2OCc2ccc3c(c2)N(CCCOC)CCO3)c(CCOC)c1. The number of rotatable bonds is 17. The van der Waals surface area contributed by atoms with E-state index in [9.17, 15) is 5.11 Å². The Morgan fingerprint density at radius 2 is 1.90 bits per heavy atom. The van der Waals surface area contributed by atoms with E-state index in [0.717, 1.165) is 59.8 Å². The molecule has 9 heteroatoms. The molecule has 1 fully saturated rings. The molecule has 234 valence electrons. The zero-order valence-electron chi connectivity index (χ0n) is 25.9. The minimum absolute atomic E-state index is 0.0527. The van der Waals surface area contributed by atoms with E-state index in [-0.39, 0.29) is 6.10 Å². The van der Waals surface area contributed by atoms with Crippen LogP contribution < -0.4 is 15.0 Å². The molecule has 0 aromatic heterocycles. The van der Waals surface area contributed by atoms with Gasteiger partial charge < -0.3 is 43.7 Å². The second-order valence-corrected chi connectivity index (χ2v) is 11.2. The Morgan fingerprint density at radius 1 is 1.10 bits per heavy atom. The average molecular weight is 587 g/mol. The van der Waals surface area contributed by atoms with E-state index in [1.807, 2.05) is 26.0 Å². The molecule has 1 saturated heterocycles. The van der Waals surface area contributed by atoms with E-state index in [2.05, 4.69) is 34.5 Å². The number of hydrogen-bond donors (Lipinski definition) is 2. The number of nitrogens with zero attached hydrogens (tertiary/aromatic N) is 1. The normalized spacial score (nSPS) is 21.2. The van der Waals surface area contributed by atoms with Crippen molar-refractivity contribution < 1.29 is 33.5 Å². The van der Waals surface area contributed by atoms with Gasteiger partial charge in [0.05, 0.1) is 44.8 Å². The second-order valence-electron chi connectivity index (χ2n) is 11.2. The summed E-state index contributed by atoms with van der Waals surface area (Å²) in [6.45, 7) is 11.1. The van der Waals surface area contributed by atoms with E-state index >= 15 is 0 Å². The first-order valence-corrected chi connectivity index (χ1v) is 15.3. The van der Waals surface area contributed by atoms with Crippen LogP contribution in [0.4, 0.5) is 5.69 Å². The summed E-state index contributed by atoms with van der Waals surface area (Å²) in [7, 11) is 3.44. The first-order chi connectivity index (χ1) is 20.5. The van der Waals surface area contributed by atoms with Gasteiger partial charge in [0.25, 0.3) is 0 Å². The van der Waals surface area contributed by atoms with E-state index < -0.39 is 11.7 Å². The summed E-state index contributed by atoms with van der Waals surface area (Å²) in [5, 5.41) is 15.6. The number of methoxy groups -OCH3 is 2. The fourth-order valence-corrected chi connectivity index (χ4v) is 5.84. The van der Waals surface area contributed by atoms with Gasteiger partial charge in [0.1, 0.15) is 24.1 Å². The number of anilines is 1. The number of ether oxygens (including phenoxy) is 6. The molecule has 0 aliphatic carbocycles. The molecule has 4 rings (SSSR count). The van der Waals surface area contributed by atoms with Crippen LogP contribution in [-0.2, 0) is 48.9 Å². The molecular weight excluding hydrogens is 536 g/mol. The monoisotopic (exact) mass is 586 g/mol. The first kappa shape index (κ1) is 32.7. The standard InChI is InChI=1S/C33H50N2O7/c1-5-40-25(2)22-39-23-26-7-9-29(28(19-26)11-17-38-4)33(36)12-13-34-21-32(33)42-24-27-8-10-31-30(20-27)35(15-18-41-31)14-6-16-37-3/h7-10,19-20,25,32,34,36H,5-6,11-18,21-24H2,1-4H3/t25-,32+,33+/m1/s1. The molecule has 0 amide bonds. The van der Waals surface area contributed by atoms with Crippen molar-refractivity contribution >= 4 is 5.69 Å². The molecule has 2 aliphatic rings. The van der Waals surface area contributed by atoms with Gasteiger partial charge in [-0.15, -0.1) is 0 Å². The molecule has 2 aliphatic heterocycles. The molecule has 3 atom stereocenters. The van der Waals surface area contributed by atoms with Gasteiger partial charge in [-0.25, -0.2) is 0 Å². The third-order valence-electron chi connectivity index (χ3n) is 8.04. The van der Waals surface area contributed by atoms with Crippen molar-refractivity contribution in [3.05, 3.63) is 58.7 Å². The van der Waals surface area contributed by atoms with Gasteiger partial charge in [-0.05, 0) is 74.0 Å². The fourth-order valence-electron chi connectivity index (χ4n) is 5.84. The van der Waals surface area contributed by atoms with Gasteiger partial charge in [-0.3, -0.25) is 0 Å². The second kappa shape index (κ2) is 16.6. The van der Waals surface area contributed by atoms with Crippen LogP contribution in [0, 0.1) is 0 Å². The Morgan fingerprint density at radius 3 is 2.71 bits per heavy atom. The molecule has 0 spiro atoms. The molecule has 0 bridgehead atoms. The summed E-state index contributed by atoms with van der Waals surface area (Å²) in [6.07, 6.45) is 1.86. The Kier molecular flexibility index (Phi) is 12.9. The summed E-state index contributed by atoms with van der Waals surface area (Å²) in [4.78, 5) is 2.35. The van der Waals surface area contributed by atoms with Gasteiger partial charge in [0.15, 0.2) is 0 Å². The van der Waals surface area contributed by atoms with Crippen molar-refractivity contribution in [2.45, 2.75) is 64.1 Å². The number of fused-ring (bicyclic) bond motifs is 1. The maximum atomic E-state index is 12.2. The minimum atomic E-state index is -1.12. The third kappa shape index (κ3) is 8.66. The van der Waals surface area contributed by atoms with Crippen LogP contribution >= 0.6 is 0 Å². The molecule has 2 N–H and O–H groups in total. The first-order valence-electron chi connectivity index (χ1n) is 15.3. The number of aliphatic hydroxyl groups is 1. The van der Waals surface area contributed by atoms with Crippen LogP contribution in [0.25, 0.3) is 0 Å². The fraction of sp³-hybridized carbons (Fsp3) is 0.636. The smallest absolute Gasteiger partial charge is 0.142 e. The van der Waals surface area contributed by atoms with Crippen molar-refractivity contribution in [1.29, 1.82) is 0 Å². The van der Waals surface area contributed by atoms with Crippen LogP contribution in [0.15, 0.2) is 36.4 Å². The summed E-state index contributed by atoms with van der Waals surface area (Å²) in [5.74, 6) is 0.900. The van der Waals surface area contributed by atoms with Gasteiger partial charge in [0.2, 0.25) is 0 Å². The van der Waals surface area contributed by atoms with Crippen LogP contribution in [0.1, 0.15) is 48.9 Å². The van der Waals surface area contributed by atoms with Crippen molar-refractivity contribution in [3.63, 3.8) is 0 Å². The molecule has 0 radical (unpaired) electrons. The number of benzene rings is 2. The lowest BCUT2D eigenvalue weighted by atomic mass is 9.79. The highest BCUT2D eigenvalue weighted by Gasteiger charge is 2.42. The van der Waals surface area contributed by atoms with E-state index in [4.69, 9.17) is 28.4 Å². The Balaban J connectivity index is 1.48. The highest BCUT2D eigenvalue weighted by molar-refractivity contribution is 5.61. The van der Waals surface area contributed by atoms with E-state index in [0.29, 0.717) is 65.6 Å². The largest absolute Gasteiger partial charge is 0.490 e. The van der Waals surface area contributed by atoms with E-state index in [1.54, 1.807) is 14.2 Å². The molecule has 2 aromatic rings. The minimum Gasteiger partial charge on any atom is -0.490 e. The highest BCUT2D eigenvalue weighted by Crippen LogP contribution is 2.37. The van der Waals surface area contributed by atoms with Crippen molar-refractivity contribution in [1.82, 2.24) is 5.32 Å². The quantitative estimate of drug-likeness (QED) is 0.269. The van der Waals surface area contributed by atoms with Crippen LogP contribution in [0.2, 0.25) is 0 Å². The molecular formula is C33H50N2O7. The molecule has 0 unspecified atom stereocenters. The van der Waals surface area contributed by atoms with Gasteiger partial charge >= 0.3 is 0 Å². The molecule has 2 aromatic carbocycles. The van der Waals surface area contributed by atoms with Crippen molar-refractivity contribution in [2.24, 2.45) is 0 Å².